The van der Waals surface area contributed by atoms with Crippen molar-refractivity contribution in [2.24, 2.45) is 0 Å². The van der Waals surface area contributed by atoms with Gasteiger partial charge in [0.05, 0.1) is 23.2 Å². The highest BCUT2D eigenvalue weighted by Gasteiger charge is 2.26. The number of hydrogen-bond acceptors (Lipinski definition) is 5. The SMILES string of the molecule is CC1CN(C(=O)CCn2c(=O)c(N3CCCCC3)nc3ccccc32)CC(C)O1. The molecule has 7 heteroatoms. The number of benzene rings is 1. The Morgan fingerprint density at radius 2 is 1.79 bits per heavy atom. The van der Waals surface area contributed by atoms with Crippen molar-refractivity contribution in [3.05, 3.63) is 34.6 Å². The molecule has 2 unspecified atom stereocenters. The molecule has 2 aliphatic heterocycles. The third-order valence-corrected chi connectivity index (χ3v) is 5.81. The first kappa shape index (κ1) is 19.9. The zero-order valence-corrected chi connectivity index (χ0v) is 17.3. The van der Waals surface area contributed by atoms with Crippen LogP contribution in [0.1, 0.15) is 39.5 Å². The molecule has 3 heterocycles. The maximum atomic E-state index is 13.3. The highest BCUT2D eigenvalue weighted by Crippen LogP contribution is 2.19. The van der Waals surface area contributed by atoms with E-state index in [2.05, 4.69) is 9.88 Å². The summed E-state index contributed by atoms with van der Waals surface area (Å²) in [4.78, 5) is 34.8. The lowest BCUT2D eigenvalue weighted by Gasteiger charge is -2.35. The molecule has 29 heavy (non-hydrogen) atoms. The van der Waals surface area contributed by atoms with Crippen molar-refractivity contribution in [1.29, 1.82) is 0 Å². The quantitative estimate of drug-likeness (QED) is 0.791. The molecule has 0 aliphatic carbocycles. The number of carbonyl (C=O) groups is 1. The Labute approximate surface area is 171 Å². The standard InChI is InChI=1S/C22H30N4O3/c1-16-14-25(15-17(2)29-16)20(27)10-13-26-19-9-5-4-8-18(19)23-21(22(26)28)24-11-6-3-7-12-24/h4-5,8-9,16-17H,3,6-7,10-15H2,1-2H3. The number of anilines is 1. The van der Waals surface area contributed by atoms with Gasteiger partial charge in [-0.05, 0) is 45.2 Å². The lowest BCUT2D eigenvalue weighted by Crippen LogP contribution is -2.48. The van der Waals surface area contributed by atoms with Crippen LogP contribution in [-0.2, 0) is 16.1 Å². The predicted octanol–water partition coefficient (Wildman–Crippen LogP) is 2.41. The van der Waals surface area contributed by atoms with Crippen LogP contribution in [-0.4, -0.2) is 58.7 Å². The Kier molecular flexibility index (Phi) is 5.85. The summed E-state index contributed by atoms with van der Waals surface area (Å²) in [6.07, 6.45) is 3.74. The summed E-state index contributed by atoms with van der Waals surface area (Å²) in [7, 11) is 0. The molecule has 2 aliphatic rings. The van der Waals surface area contributed by atoms with Crippen LogP contribution >= 0.6 is 0 Å². The van der Waals surface area contributed by atoms with Gasteiger partial charge in [0.15, 0.2) is 5.82 Å². The van der Waals surface area contributed by atoms with Crippen LogP contribution in [0.25, 0.3) is 11.0 Å². The Morgan fingerprint density at radius 3 is 2.52 bits per heavy atom. The molecule has 0 spiro atoms. The smallest absolute Gasteiger partial charge is 0.294 e. The minimum absolute atomic E-state index is 0.0397. The summed E-state index contributed by atoms with van der Waals surface area (Å²) in [5.74, 6) is 0.587. The maximum Gasteiger partial charge on any atom is 0.294 e. The molecule has 0 bridgehead atoms. The Bertz CT molecular complexity index is 925. The molecule has 7 nitrogen and oxygen atoms in total. The van der Waals surface area contributed by atoms with E-state index >= 15 is 0 Å². The van der Waals surface area contributed by atoms with E-state index < -0.39 is 0 Å². The number of aromatic nitrogens is 2. The second-order valence-electron chi connectivity index (χ2n) is 8.23. The van der Waals surface area contributed by atoms with Crippen molar-refractivity contribution >= 4 is 22.8 Å². The normalized spacial score (nSPS) is 22.8. The summed E-state index contributed by atoms with van der Waals surface area (Å²) in [5.41, 5.74) is 1.49. The Hall–Kier alpha value is -2.41. The second kappa shape index (κ2) is 8.53. The van der Waals surface area contributed by atoms with Gasteiger partial charge in [0.25, 0.3) is 5.56 Å². The zero-order chi connectivity index (χ0) is 20.4. The van der Waals surface area contributed by atoms with E-state index in [4.69, 9.17) is 4.74 Å². The number of fused-ring (bicyclic) bond motifs is 1. The van der Waals surface area contributed by atoms with E-state index in [9.17, 15) is 9.59 Å². The van der Waals surface area contributed by atoms with E-state index in [1.807, 2.05) is 43.0 Å². The molecule has 0 radical (unpaired) electrons. The molecule has 2 aromatic rings. The van der Waals surface area contributed by atoms with Crippen molar-refractivity contribution in [1.82, 2.24) is 14.5 Å². The number of morpholine rings is 1. The highest BCUT2D eigenvalue weighted by molar-refractivity contribution is 5.78. The van der Waals surface area contributed by atoms with Crippen molar-refractivity contribution in [2.75, 3.05) is 31.1 Å². The number of nitrogens with zero attached hydrogens (tertiary/aromatic N) is 4. The topological polar surface area (TPSA) is 67.7 Å². The van der Waals surface area contributed by atoms with Crippen LogP contribution in [0.15, 0.2) is 29.1 Å². The number of rotatable bonds is 4. The van der Waals surface area contributed by atoms with Crippen LogP contribution in [0.3, 0.4) is 0 Å². The molecule has 1 aromatic heterocycles. The predicted molar refractivity (Wildman–Crippen MR) is 113 cm³/mol. The number of amides is 1. The zero-order valence-electron chi connectivity index (χ0n) is 17.3. The van der Waals surface area contributed by atoms with E-state index in [-0.39, 0.29) is 23.7 Å². The molecule has 2 fully saturated rings. The second-order valence-corrected chi connectivity index (χ2v) is 8.23. The van der Waals surface area contributed by atoms with E-state index in [0.717, 1.165) is 37.0 Å². The van der Waals surface area contributed by atoms with Gasteiger partial charge in [0, 0.05) is 39.1 Å². The lowest BCUT2D eigenvalue weighted by molar-refractivity contribution is -0.143. The van der Waals surface area contributed by atoms with Gasteiger partial charge in [-0.25, -0.2) is 4.98 Å². The van der Waals surface area contributed by atoms with Crippen LogP contribution < -0.4 is 10.5 Å². The minimum Gasteiger partial charge on any atom is -0.372 e. The number of hydrogen-bond donors (Lipinski definition) is 0. The van der Waals surface area contributed by atoms with Gasteiger partial charge in [-0.2, -0.15) is 0 Å². The molecular weight excluding hydrogens is 368 g/mol. The number of carbonyl (C=O) groups excluding carboxylic acids is 1. The largest absolute Gasteiger partial charge is 0.372 e. The molecule has 1 amide bonds. The lowest BCUT2D eigenvalue weighted by atomic mass is 10.1. The van der Waals surface area contributed by atoms with Gasteiger partial charge < -0.3 is 19.1 Å². The van der Waals surface area contributed by atoms with Crippen molar-refractivity contribution in [3.8, 4) is 0 Å². The van der Waals surface area contributed by atoms with Crippen molar-refractivity contribution in [3.63, 3.8) is 0 Å². The van der Waals surface area contributed by atoms with Gasteiger partial charge in [0.1, 0.15) is 0 Å². The fraction of sp³-hybridized carbons (Fsp3) is 0.591. The highest BCUT2D eigenvalue weighted by atomic mass is 16.5. The summed E-state index contributed by atoms with van der Waals surface area (Å²) in [6, 6.07) is 7.69. The number of para-hydroxylation sites is 2. The average Bonchev–Trinajstić information content (AvgIpc) is 2.72. The fourth-order valence-corrected chi connectivity index (χ4v) is 4.46. The molecule has 0 N–H and O–H groups in total. The van der Waals surface area contributed by atoms with Crippen LogP contribution in [0.2, 0.25) is 0 Å². The van der Waals surface area contributed by atoms with Crippen molar-refractivity contribution < 1.29 is 9.53 Å². The van der Waals surface area contributed by atoms with Gasteiger partial charge in [-0.3, -0.25) is 9.59 Å². The molecule has 1 aromatic carbocycles. The summed E-state index contributed by atoms with van der Waals surface area (Å²) in [5, 5.41) is 0. The van der Waals surface area contributed by atoms with E-state index in [1.54, 1.807) is 4.57 Å². The summed E-state index contributed by atoms with van der Waals surface area (Å²) in [6.45, 7) is 7.28. The summed E-state index contributed by atoms with van der Waals surface area (Å²) >= 11 is 0. The Balaban J connectivity index is 1.59. The molecule has 0 saturated carbocycles. The molecule has 2 atom stereocenters. The molecular formula is C22H30N4O3. The Morgan fingerprint density at radius 1 is 1.10 bits per heavy atom. The van der Waals surface area contributed by atoms with Crippen molar-refractivity contribution in [2.45, 2.75) is 58.3 Å². The number of aryl methyl sites for hydroxylation is 1. The van der Waals surface area contributed by atoms with Gasteiger partial charge in [-0.1, -0.05) is 12.1 Å². The van der Waals surface area contributed by atoms with Gasteiger partial charge >= 0.3 is 0 Å². The van der Waals surface area contributed by atoms with Crippen LogP contribution in [0, 0.1) is 0 Å². The first-order chi connectivity index (χ1) is 14.0. The van der Waals surface area contributed by atoms with Crippen LogP contribution in [0.4, 0.5) is 5.82 Å². The maximum absolute atomic E-state index is 13.3. The molecule has 4 rings (SSSR count). The van der Waals surface area contributed by atoms with Crippen LogP contribution in [0.5, 0.6) is 0 Å². The van der Waals surface area contributed by atoms with Gasteiger partial charge in [-0.15, -0.1) is 0 Å². The number of piperidine rings is 1. The minimum atomic E-state index is -0.0953. The third kappa shape index (κ3) is 4.29. The van der Waals surface area contributed by atoms with E-state index in [1.165, 1.54) is 6.42 Å². The van der Waals surface area contributed by atoms with E-state index in [0.29, 0.717) is 31.9 Å². The third-order valence-electron chi connectivity index (χ3n) is 5.81. The summed E-state index contributed by atoms with van der Waals surface area (Å²) < 4.78 is 7.46. The average molecular weight is 399 g/mol. The molecule has 2 saturated heterocycles. The molecule has 156 valence electrons. The van der Waals surface area contributed by atoms with Gasteiger partial charge in [0.2, 0.25) is 5.91 Å². The number of ether oxygens (including phenoxy) is 1. The fourth-order valence-electron chi connectivity index (χ4n) is 4.46. The first-order valence-corrected chi connectivity index (χ1v) is 10.7. The first-order valence-electron chi connectivity index (χ1n) is 10.7. The monoisotopic (exact) mass is 398 g/mol.